The second kappa shape index (κ2) is 10.7. The van der Waals surface area contributed by atoms with Crippen LogP contribution in [0.15, 0.2) is 24.3 Å². The predicted octanol–water partition coefficient (Wildman–Crippen LogP) is 2.71. The van der Waals surface area contributed by atoms with E-state index in [0.717, 1.165) is 12.8 Å². The third kappa shape index (κ3) is 7.13. The fourth-order valence-electron chi connectivity index (χ4n) is 2.76. The first kappa shape index (κ1) is 19.2. The van der Waals surface area contributed by atoms with Gasteiger partial charge in [0.1, 0.15) is 12.4 Å². The van der Waals surface area contributed by atoms with Crippen molar-refractivity contribution in [1.82, 2.24) is 5.32 Å². The lowest BCUT2D eigenvalue weighted by atomic mass is 9.95. The van der Waals surface area contributed by atoms with Gasteiger partial charge in [-0.05, 0) is 44.0 Å². The number of ether oxygens (including phenoxy) is 3. The molecule has 0 radical (unpaired) electrons. The highest BCUT2D eigenvalue weighted by molar-refractivity contribution is 5.94. The van der Waals surface area contributed by atoms with Gasteiger partial charge < -0.3 is 19.5 Å². The Morgan fingerprint density at radius 1 is 1.08 bits per heavy atom. The maximum absolute atomic E-state index is 12.2. The molecule has 0 bridgehead atoms. The molecule has 1 N–H and O–H groups in total. The summed E-state index contributed by atoms with van der Waals surface area (Å²) in [6.07, 6.45) is 5.72. The van der Waals surface area contributed by atoms with Gasteiger partial charge in [-0.1, -0.05) is 19.3 Å². The molecule has 6 nitrogen and oxygen atoms in total. The largest absolute Gasteiger partial charge is 0.482 e. The zero-order valence-corrected chi connectivity index (χ0v) is 14.8. The van der Waals surface area contributed by atoms with Crippen molar-refractivity contribution in [3.8, 4) is 5.75 Å². The second-order valence-electron chi connectivity index (χ2n) is 6.04. The Labute approximate surface area is 148 Å². The number of hydrogen-bond acceptors (Lipinski definition) is 5. The molecule has 1 amide bonds. The standard InChI is InChI=1S/C19H27NO5/c1-2-23-12-13-24-18(21)14-25-17-10-8-15(9-11-17)19(22)20-16-6-4-3-5-7-16/h8-11,16H,2-7,12-14H2,1H3,(H,20,22). The lowest BCUT2D eigenvalue weighted by Gasteiger charge is -2.22. The first-order valence-electron chi connectivity index (χ1n) is 8.96. The highest BCUT2D eigenvalue weighted by Gasteiger charge is 2.16. The van der Waals surface area contributed by atoms with Gasteiger partial charge in [-0.15, -0.1) is 0 Å². The van der Waals surface area contributed by atoms with Crippen LogP contribution in [-0.2, 0) is 14.3 Å². The van der Waals surface area contributed by atoms with Crippen LogP contribution in [0.25, 0.3) is 0 Å². The minimum atomic E-state index is -0.446. The van der Waals surface area contributed by atoms with Gasteiger partial charge in [0.2, 0.25) is 0 Å². The Bertz CT molecular complexity index is 537. The van der Waals surface area contributed by atoms with Gasteiger partial charge in [0.25, 0.3) is 5.91 Å². The number of carbonyl (C=O) groups excluding carboxylic acids is 2. The number of rotatable bonds is 9. The van der Waals surface area contributed by atoms with Crippen LogP contribution in [0.4, 0.5) is 0 Å². The molecule has 0 saturated heterocycles. The summed E-state index contributed by atoms with van der Waals surface area (Å²) in [5.74, 6) is 0.0172. The van der Waals surface area contributed by atoms with E-state index in [2.05, 4.69) is 5.32 Å². The first-order valence-corrected chi connectivity index (χ1v) is 8.96. The molecule has 0 aromatic heterocycles. The Balaban J connectivity index is 1.71. The second-order valence-corrected chi connectivity index (χ2v) is 6.04. The van der Waals surface area contributed by atoms with Crippen molar-refractivity contribution in [2.24, 2.45) is 0 Å². The Hall–Kier alpha value is -2.08. The number of hydrogen-bond donors (Lipinski definition) is 1. The fourth-order valence-corrected chi connectivity index (χ4v) is 2.76. The summed E-state index contributed by atoms with van der Waals surface area (Å²) in [5.41, 5.74) is 0.595. The van der Waals surface area contributed by atoms with Crippen LogP contribution in [0, 0.1) is 0 Å². The third-order valence-electron chi connectivity index (χ3n) is 4.11. The average molecular weight is 349 g/mol. The van der Waals surface area contributed by atoms with Crippen LogP contribution >= 0.6 is 0 Å². The molecule has 1 fully saturated rings. The first-order chi connectivity index (χ1) is 12.2. The third-order valence-corrected chi connectivity index (χ3v) is 4.11. The van der Waals surface area contributed by atoms with Gasteiger partial charge in [0, 0.05) is 18.2 Å². The van der Waals surface area contributed by atoms with Crippen molar-refractivity contribution in [1.29, 1.82) is 0 Å². The van der Waals surface area contributed by atoms with Gasteiger partial charge in [-0.2, -0.15) is 0 Å². The summed E-state index contributed by atoms with van der Waals surface area (Å²) >= 11 is 0. The summed E-state index contributed by atoms with van der Waals surface area (Å²) in [4.78, 5) is 23.7. The molecule has 0 aliphatic heterocycles. The maximum Gasteiger partial charge on any atom is 0.344 e. The molecular formula is C19H27NO5. The number of carbonyl (C=O) groups is 2. The maximum atomic E-state index is 12.2. The van der Waals surface area contributed by atoms with Crippen molar-refractivity contribution < 1.29 is 23.8 Å². The zero-order chi connectivity index (χ0) is 17.9. The molecule has 25 heavy (non-hydrogen) atoms. The van der Waals surface area contributed by atoms with Crippen molar-refractivity contribution >= 4 is 11.9 Å². The van der Waals surface area contributed by atoms with Crippen LogP contribution in [0.2, 0.25) is 0 Å². The van der Waals surface area contributed by atoms with E-state index >= 15 is 0 Å². The molecule has 0 heterocycles. The SMILES string of the molecule is CCOCCOC(=O)COc1ccc(C(=O)NC2CCCCC2)cc1. The lowest BCUT2D eigenvalue weighted by molar-refractivity contribution is -0.147. The number of esters is 1. The van der Waals surface area contributed by atoms with Crippen LogP contribution in [0.1, 0.15) is 49.4 Å². The Kier molecular flexibility index (Phi) is 8.25. The van der Waals surface area contributed by atoms with Crippen molar-refractivity contribution in [2.75, 3.05) is 26.4 Å². The molecule has 1 saturated carbocycles. The minimum Gasteiger partial charge on any atom is -0.482 e. The van der Waals surface area contributed by atoms with E-state index in [4.69, 9.17) is 14.2 Å². The zero-order valence-electron chi connectivity index (χ0n) is 14.8. The van der Waals surface area contributed by atoms with Gasteiger partial charge in [0.05, 0.1) is 6.61 Å². The Morgan fingerprint density at radius 2 is 1.80 bits per heavy atom. The van der Waals surface area contributed by atoms with Crippen molar-refractivity contribution in [3.63, 3.8) is 0 Å². The molecule has 138 valence electrons. The van der Waals surface area contributed by atoms with E-state index in [9.17, 15) is 9.59 Å². The number of amides is 1. The quantitative estimate of drug-likeness (QED) is 0.548. The molecular weight excluding hydrogens is 322 g/mol. The van der Waals surface area contributed by atoms with Crippen molar-refractivity contribution in [3.05, 3.63) is 29.8 Å². The van der Waals surface area contributed by atoms with Gasteiger partial charge in [0.15, 0.2) is 6.61 Å². The molecule has 0 spiro atoms. The molecule has 1 aliphatic rings. The minimum absolute atomic E-state index is 0.0613. The molecule has 0 unspecified atom stereocenters. The van der Waals surface area contributed by atoms with Crippen molar-refractivity contribution in [2.45, 2.75) is 45.1 Å². The lowest BCUT2D eigenvalue weighted by Crippen LogP contribution is -2.36. The van der Waals surface area contributed by atoms with Crippen LogP contribution < -0.4 is 10.1 Å². The fraction of sp³-hybridized carbons (Fsp3) is 0.579. The summed E-state index contributed by atoms with van der Waals surface area (Å²) < 4.78 is 15.4. The van der Waals surface area contributed by atoms with Gasteiger partial charge >= 0.3 is 5.97 Å². The van der Waals surface area contributed by atoms with E-state index in [-0.39, 0.29) is 25.2 Å². The monoisotopic (exact) mass is 349 g/mol. The van der Waals surface area contributed by atoms with Crippen LogP contribution in [0.3, 0.4) is 0 Å². The van der Waals surface area contributed by atoms with Crippen LogP contribution in [0.5, 0.6) is 5.75 Å². The highest BCUT2D eigenvalue weighted by atomic mass is 16.6. The van der Waals surface area contributed by atoms with E-state index < -0.39 is 5.97 Å². The topological polar surface area (TPSA) is 73.9 Å². The molecule has 2 rings (SSSR count). The normalized spacial score (nSPS) is 14.8. The number of benzene rings is 1. The molecule has 1 aromatic rings. The molecule has 1 aromatic carbocycles. The Morgan fingerprint density at radius 3 is 2.48 bits per heavy atom. The van der Waals surface area contributed by atoms with Crippen LogP contribution in [-0.4, -0.2) is 44.3 Å². The summed E-state index contributed by atoms with van der Waals surface area (Å²) in [6.45, 7) is 2.90. The average Bonchev–Trinajstić information content (AvgIpc) is 2.65. The molecule has 0 atom stereocenters. The smallest absolute Gasteiger partial charge is 0.344 e. The van der Waals surface area contributed by atoms with E-state index in [1.54, 1.807) is 24.3 Å². The summed E-state index contributed by atoms with van der Waals surface area (Å²) in [7, 11) is 0. The number of nitrogens with one attached hydrogen (secondary N) is 1. The summed E-state index contributed by atoms with van der Waals surface area (Å²) in [6, 6.07) is 7.05. The van der Waals surface area contributed by atoms with Gasteiger partial charge in [-0.25, -0.2) is 4.79 Å². The molecule has 1 aliphatic carbocycles. The summed E-state index contributed by atoms with van der Waals surface area (Å²) in [5, 5.41) is 3.07. The predicted molar refractivity (Wildman–Crippen MR) is 93.7 cm³/mol. The van der Waals surface area contributed by atoms with Gasteiger partial charge in [-0.3, -0.25) is 4.79 Å². The molecule has 6 heteroatoms. The van der Waals surface area contributed by atoms with E-state index in [1.807, 2.05) is 6.92 Å². The van der Waals surface area contributed by atoms with E-state index in [1.165, 1.54) is 19.3 Å². The van der Waals surface area contributed by atoms with E-state index in [0.29, 0.717) is 24.5 Å². The highest BCUT2D eigenvalue weighted by Crippen LogP contribution is 2.18.